The van der Waals surface area contributed by atoms with Crippen LogP contribution in [0.5, 0.6) is 0 Å². The van der Waals surface area contributed by atoms with Crippen molar-refractivity contribution in [2.24, 2.45) is 5.41 Å². The smallest absolute Gasteiger partial charge is 0.316 e. The Balaban J connectivity index is 2.57. The van der Waals surface area contributed by atoms with Crippen molar-refractivity contribution in [3.63, 3.8) is 0 Å². The predicted octanol–water partition coefficient (Wildman–Crippen LogP) is 1.68. The highest BCUT2D eigenvalue weighted by molar-refractivity contribution is 5.73. The number of carboxylic acids is 1. The molecule has 0 aromatic rings. The van der Waals surface area contributed by atoms with Crippen LogP contribution >= 0.6 is 0 Å². The van der Waals surface area contributed by atoms with Crippen LogP contribution in [0.2, 0.25) is 0 Å². The van der Waals surface area contributed by atoms with E-state index in [1.807, 2.05) is 0 Å². The minimum Gasteiger partial charge on any atom is -0.481 e. The zero-order valence-electron chi connectivity index (χ0n) is 10.7. The van der Waals surface area contributed by atoms with Gasteiger partial charge in [-0.1, -0.05) is 19.3 Å². The summed E-state index contributed by atoms with van der Waals surface area (Å²) in [6.07, 6.45) is 5.24. The lowest BCUT2D eigenvalue weighted by Crippen LogP contribution is -2.43. The van der Waals surface area contributed by atoms with E-state index in [0.29, 0.717) is 6.54 Å². The number of hydrogen-bond donors (Lipinski definition) is 2. The molecule has 0 unspecified atom stereocenters. The first kappa shape index (κ1) is 13.8. The number of carbonyl (C=O) groups is 2. The monoisotopic (exact) mass is 242 g/mol. The Kier molecular flexibility index (Phi) is 4.78. The zero-order chi connectivity index (χ0) is 12.9. The fraction of sp³-hybridized carbons (Fsp3) is 0.833. The van der Waals surface area contributed by atoms with Gasteiger partial charge >= 0.3 is 12.0 Å². The molecule has 17 heavy (non-hydrogen) atoms. The maximum atomic E-state index is 11.5. The Labute approximate surface area is 102 Å². The molecular formula is C12H22N2O3. The lowest BCUT2D eigenvalue weighted by atomic mass is 9.72. The van der Waals surface area contributed by atoms with Crippen molar-refractivity contribution < 1.29 is 14.7 Å². The molecule has 2 N–H and O–H groups in total. The van der Waals surface area contributed by atoms with Crippen LogP contribution in [0.15, 0.2) is 0 Å². The Bertz CT molecular complexity index is 283. The van der Waals surface area contributed by atoms with Gasteiger partial charge in [-0.25, -0.2) is 4.79 Å². The molecule has 5 nitrogen and oxygen atoms in total. The Hall–Kier alpha value is -1.26. The second-order valence-corrected chi connectivity index (χ2v) is 5.18. The third-order valence-electron chi connectivity index (χ3n) is 3.46. The molecule has 0 aliphatic heterocycles. The first-order valence-corrected chi connectivity index (χ1v) is 6.12. The Morgan fingerprint density at radius 2 is 1.82 bits per heavy atom. The maximum absolute atomic E-state index is 11.5. The number of aliphatic carboxylic acids is 1. The number of nitrogens with one attached hydrogen (secondary N) is 1. The number of urea groups is 1. The van der Waals surface area contributed by atoms with Crippen molar-refractivity contribution in [3.05, 3.63) is 0 Å². The highest BCUT2D eigenvalue weighted by Crippen LogP contribution is 2.38. The lowest BCUT2D eigenvalue weighted by Gasteiger charge is -2.36. The van der Waals surface area contributed by atoms with Gasteiger partial charge in [0.2, 0.25) is 0 Å². The van der Waals surface area contributed by atoms with Gasteiger partial charge in [0, 0.05) is 20.6 Å². The van der Waals surface area contributed by atoms with Gasteiger partial charge in [-0.05, 0) is 18.3 Å². The van der Waals surface area contributed by atoms with Crippen LogP contribution in [0, 0.1) is 5.41 Å². The largest absolute Gasteiger partial charge is 0.481 e. The topological polar surface area (TPSA) is 69.6 Å². The van der Waals surface area contributed by atoms with Crippen molar-refractivity contribution in [3.8, 4) is 0 Å². The first-order chi connectivity index (χ1) is 7.95. The predicted molar refractivity (Wildman–Crippen MR) is 64.9 cm³/mol. The summed E-state index contributed by atoms with van der Waals surface area (Å²) in [6.45, 7) is 0.469. The SMILES string of the molecule is CN(C)C(=O)NCC1(CC(=O)O)CCCCC1. The standard InChI is InChI=1S/C12H22N2O3/c1-14(2)11(17)13-9-12(8-10(15)16)6-4-3-5-7-12/h3-9H2,1-2H3,(H,13,17)(H,15,16). The molecule has 0 spiro atoms. The second kappa shape index (κ2) is 5.89. The summed E-state index contributed by atoms with van der Waals surface area (Å²) in [7, 11) is 3.36. The van der Waals surface area contributed by atoms with Crippen LogP contribution < -0.4 is 5.32 Å². The summed E-state index contributed by atoms with van der Waals surface area (Å²) in [4.78, 5) is 23.9. The van der Waals surface area contributed by atoms with E-state index in [1.165, 1.54) is 11.3 Å². The van der Waals surface area contributed by atoms with Gasteiger partial charge in [-0.2, -0.15) is 0 Å². The molecule has 1 rings (SSSR count). The number of nitrogens with zero attached hydrogens (tertiary/aromatic N) is 1. The molecule has 0 aromatic carbocycles. The van der Waals surface area contributed by atoms with Gasteiger partial charge in [0.15, 0.2) is 0 Å². The molecule has 0 saturated heterocycles. The average molecular weight is 242 g/mol. The molecule has 0 radical (unpaired) electrons. The Morgan fingerprint density at radius 1 is 1.24 bits per heavy atom. The van der Waals surface area contributed by atoms with Gasteiger partial charge < -0.3 is 15.3 Å². The minimum atomic E-state index is -0.772. The van der Waals surface area contributed by atoms with E-state index in [-0.39, 0.29) is 17.9 Å². The van der Waals surface area contributed by atoms with Gasteiger partial charge in [0.1, 0.15) is 0 Å². The van der Waals surface area contributed by atoms with Crippen LogP contribution in [0.1, 0.15) is 38.5 Å². The van der Waals surface area contributed by atoms with E-state index in [2.05, 4.69) is 5.32 Å². The molecule has 1 saturated carbocycles. The third-order valence-corrected chi connectivity index (χ3v) is 3.46. The van der Waals surface area contributed by atoms with Crippen LogP contribution in [0.4, 0.5) is 4.79 Å². The molecule has 2 amide bonds. The van der Waals surface area contributed by atoms with Crippen LogP contribution in [0.3, 0.4) is 0 Å². The highest BCUT2D eigenvalue weighted by atomic mass is 16.4. The molecule has 5 heteroatoms. The van der Waals surface area contributed by atoms with E-state index in [1.54, 1.807) is 14.1 Å². The van der Waals surface area contributed by atoms with Crippen LogP contribution in [-0.4, -0.2) is 42.6 Å². The Morgan fingerprint density at radius 3 is 2.29 bits per heavy atom. The van der Waals surface area contributed by atoms with Gasteiger partial charge in [-0.15, -0.1) is 0 Å². The summed E-state index contributed by atoms with van der Waals surface area (Å²) in [5.74, 6) is -0.772. The number of carbonyl (C=O) groups excluding carboxylic acids is 1. The molecule has 98 valence electrons. The van der Waals surface area contributed by atoms with Crippen LogP contribution in [0.25, 0.3) is 0 Å². The number of amides is 2. The molecule has 1 aliphatic carbocycles. The van der Waals surface area contributed by atoms with Crippen molar-refractivity contribution in [1.82, 2.24) is 10.2 Å². The highest BCUT2D eigenvalue weighted by Gasteiger charge is 2.34. The van der Waals surface area contributed by atoms with Crippen molar-refractivity contribution in [1.29, 1.82) is 0 Å². The quantitative estimate of drug-likeness (QED) is 0.788. The molecule has 0 aromatic heterocycles. The van der Waals surface area contributed by atoms with Crippen LogP contribution in [-0.2, 0) is 4.79 Å². The molecule has 0 heterocycles. The normalized spacial score (nSPS) is 18.5. The van der Waals surface area contributed by atoms with Crippen molar-refractivity contribution in [2.75, 3.05) is 20.6 Å². The fourth-order valence-corrected chi connectivity index (χ4v) is 2.46. The summed E-state index contributed by atoms with van der Waals surface area (Å²) in [5.41, 5.74) is -0.240. The summed E-state index contributed by atoms with van der Waals surface area (Å²) in [5, 5.41) is 11.8. The molecule has 1 aliphatic rings. The summed E-state index contributed by atoms with van der Waals surface area (Å²) >= 11 is 0. The van der Waals surface area contributed by atoms with Gasteiger partial charge in [0.25, 0.3) is 0 Å². The average Bonchev–Trinajstić information content (AvgIpc) is 2.26. The second-order valence-electron chi connectivity index (χ2n) is 5.18. The van der Waals surface area contributed by atoms with E-state index in [4.69, 9.17) is 5.11 Å². The van der Waals surface area contributed by atoms with Gasteiger partial charge in [0.05, 0.1) is 6.42 Å². The zero-order valence-corrected chi connectivity index (χ0v) is 10.7. The number of carboxylic acid groups (broad SMARTS) is 1. The molecule has 1 fully saturated rings. The maximum Gasteiger partial charge on any atom is 0.316 e. The number of rotatable bonds is 4. The lowest BCUT2D eigenvalue weighted by molar-refractivity contribution is -0.140. The van der Waals surface area contributed by atoms with Gasteiger partial charge in [-0.3, -0.25) is 4.79 Å². The summed E-state index contributed by atoms with van der Waals surface area (Å²) in [6, 6.07) is -0.152. The third kappa shape index (κ3) is 4.24. The fourth-order valence-electron chi connectivity index (χ4n) is 2.46. The van der Waals surface area contributed by atoms with E-state index in [9.17, 15) is 9.59 Å². The molecular weight excluding hydrogens is 220 g/mol. The van der Waals surface area contributed by atoms with E-state index in [0.717, 1.165) is 25.7 Å². The summed E-state index contributed by atoms with van der Waals surface area (Å²) < 4.78 is 0. The molecule has 0 atom stereocenters. The molecule has 0 bridgehead atoms. The minimum absolute atomic E-state index is 0.152. The first-order valence-electron chi connectivity index (χ1n) is 6.12. The number of hydrogen-bond acceptors (Lipinski definition) is 2. The van der Waals surface area contributed by atoms with E-state index >= 15 is 0 Å². The van der Waals surface area contributed by atoms with Crippen molar-refractivity contribution >= 4 is 12.0 Å². The van der Waals surface area contributed by atoms with E-state index < -0.39 is 5.97 Å². The van der Waals surface area contributed by atoms with Crippen molar-refractivity contribution in [2.45, 2.75) is 38.5 Å².